The third-order valence-electron chi connectivity index (χ3n) is 6.62. The van der Waals surface area contributed by atoms with E-state index in [1.54, 1.807) is 60.4 Å². The molecule has 3 amide bonds. The van der Waals surface area contributed by atoms with Crippen molar-refractivity contribution >= 4 is 68.9 Å². The van der Waals surface area contributed by atoms with E-state index >= 15 is 0 Å². The number of rotatable bonds is 6. The first kappa shape index (κ1) is 25.2. The van der Waals surface area contributed by atoms with Gasteiger partial charge in [0, 0.05) is 17.3 Å². The third-order valence-corrected chi connectivity index (χ3v) is 8.02. The van der Waals surface area contributed by atoms with Crippen LogP contribution in [0.5, 0.6) is 0 Å². The number of ether oxygens (including phenoxy) is 1. The van der Waals surface area contributed by atoms with Crippen LogP contribution in [-0.2, 0) is 19.1 Å². The average Bonchev–Trinajstić information content (AvgIpc) is 3.57. The molecular formula is C27H25N3O5S2. The van der Waals surface area contributed by atoms with Gasteiger partial charge in [-0.2, -0.15) is 0 Å². The molecule has 0 atom stereocenters. The van der Waals surface area contributed by atoms with Crippen LogP contribution in [0.4, 0.5) is 11.4 Å². The van der Waals surface area contributed by atoms with Crippen molar-refractivity contribution in [2.24, 2.45) is 0 Å². The molecule has 2 aliphatic heterocycles. The zero-order chi connectivity index (χ0) is 26.1. The lowest BCUT2D eigenvalue weighted by Crippen LogP contribution is -2.37. The molecule has 5 rings (SSSR count). The van der Waals surface area contributed by atoms with Gasteiger partial charge in [0.05, 0.1) is 28.3 Å². The maximum atomic E-state index is 13.6. The normalized spacial score (nSPS) is 19.5. The summed E-state index contributed by atoms with van der Waals surface area (Å²) in [6.45, 7) is 1.77. The number of thiocarbonyl (C=S) groups is 1. The SMILES string of the molecule is CCOC(=O)c1ccc(NC(=O)CN2C(=O)/C(=C3/SC(=S)N(C4CCCC4)C3=O)c3ccccc32)cc1. The Balaban J connectivity index is 1.36. The molecule has 0 bridgehead atoms. The molecule has 0 aromatic heterocycles. The van der Waals surface area contributed by atoms with Crippen LogP contribution in [0.1, 0.15) is 48.5 Å². The average molecular weight is 536 g/mol. The van der Waals surface area contributed by atoms with Gasteiger partial charge in [-0.25, -0.2) is 4.79 Å². The van der Waals surface area contributed by atoms with Gasteiger partial charge in [0.1, 0.15) is 10.9 Å². The summed E-state index contributed by atoms with van der Waals surface area (Å²) >= 11 is 6.70. The minimum atomic E-state index is -0.439. The molecule has 2 aromatic carbocycles. The van der Waals surface area contributed by atoms with Crippen LogP contribution >= 0.6 is 24.0 Å². The highest BCUT2D eigenvalue weighted by atomic mass is 32.2. The van der Waals surface area contributed by atoms with E-state index in [2.05, 4.69) is 5.32 Å². The number of esters is 1. The molecule has 1 saturated carbocycles. The number of nitrogens with zero attached hydrogens (tertiary/aromatic N) is 2. The summed E-state index contributed by atoms with van der Waals surface area (Å²) in [5, 5.41) is 2.76. The first-order valence-corrected chi connectivity index (χ1v) is 13.4. The highest BCUT2D eigenvalue weighted by Crippen LogP contribution is 2.46. The largest absolute Gasteiger partial charge is 0.462 e. The molecule has 2 fully saturated rings. The molecule has 10 heteroatoms. The summed E-state index contributed by atoms with van der Waals surface area (Å²) in [5.74, 6) is -1.48. The lowest BCUT2D eigenvalue weighted by molar-refractivity contribution is -0.123. The van der Waals surface area contributed by atoms with Crippen LogP contribution in [-0.4, -0.2) is 52.1 Å². The van der Waals surface area contributed by atoms with Gasteiger partial charge in [-0.05, 0) is 50.1 Å². The number of benzene rings is 2. The lowest BCUT2D eigenvalue weighted by Gasteiger charge is -2.22. The Hall–Kier alpha value is -3.50. The van der Waals surface area contributed by atoms with E-state index in [1.807, 2.05) is 0 Å². The molecule has 1 aliphatic carbocycles. The zero-order valence-corrected chi connectivity index (χ0v) is 21.8. The summed E-state index contributed by atoms with van der Waals surface area (Å²) < 4.78 is 5.45. The highest BCUT2D eigenvalue weighted by Gasteiger charge is 2.44. The van der Waals surface area contributed by atoms with Gasteiger partial charge in [0.2, 0.25) is 5.91 Å². The lowest BCUT2D eigenvalue weighted by atomic mass is 10.1. The van der Waals surface area contributed by atoms with E-state index in [-0.39, 0.29) is 25.1 Å². The van der Waals surface area contributed by atoms with Crippen molar-refractivity contribution in [3.05, 3.63) is 64.6 Å². The predicted molar refractivity (Wildman–Crippen MR) is 146 cm³/mol. The van der Waals surface area contributed by atoms with Crippen LogP contribution in [0.15, 0.2) is 53.4 Å². The number of carbonyl (C=O) groups is 4. The Kier molecular flexibility index (Phi) is 7.12. The van der Waals surface area contributed by atoms with Crippen LogP contribution in [0.2, 0.25) is 0 Å². The monoisotopic (exact) mass is 535 g/mol. The topological polar surface area (TPSA) is 96.0 Å². The Bertz CT molecular complexity index is 1330. The Morgan fingerprint density at radius 3 is 2.46 bits per heavy atom. The molecule has 0 unspecified atom stereocenters. The quantitative estimate of drug-likeness (QED) is 0.334. The number of amides is 3. The van der Waals surface area contributed by atoms with Gasteiger partial charge in [-0.1, -0.05) is 55.0 Å². The predicted octanol–water partition coefficient (Wildman–Crippen LogP) is 4.36. The summed E-state index contributed by atoms with van der Waals surface area (Å²) in [6, 6.07) is 13.6. The van der Waals surface area contributed by atoms with E-state index in [0.29, 0.717) is 37.3 Å². The van der Waals surface area contributed by atoms with Gasteiger partial charge >= 0.3 is 5.97 Å². The van der Waals surface area contributed by atoms with Crippen LogP contribution in [0, 0.1) is 0 Å². The first-order chi connectivity index (χ1) is 17.9. The molecule has 1 N–H and O–H groups in total. The van der Waals surface area contributed by atoms with Crippen molar-refractivity contribution in [1.82, 2.24) is 4.90 Å². The Labute approximate surface area is 224 Å². The Morgan fingerprint density at radius 2 is 1.76 bits per heavy atom. The molecule has 0 spiro atoms. The van der Waals surface area contributed by atoms with Crippen molar-refractivity contribution in [3.8, 4) is 0 Å². The number of anilines is 2. The van der Waals surface area contributed by atoms with Gasteiger partial charge < -0.3 is 10.1 Å². The van der Waals surface area contributed by atoms with Crippen molar-refractivity contribution in [1.29, 1.82) is 0 Å². The van der Waals surface area contributed by atoms with E-state index in [9.17, 15) is 19.2 Å². The second-order valence-electron chi connectivity index (χ2n) is 8.94. The van der Waals surface area contributed by atoms with Gasteiger partial charge in [0.25, 0.3) is 11.8 Å². The van der Waals surface area contributed by atoms with Crippen molar-refractivity contribution in [2.75, 3.05) is 23.4 Å². The number of hydrogen-bond acceptors (Lipinski definition) is 7. The third kappa shape index (κ3) is 4.78. The number of nitrogens with one attached hydrogen (secondary N) is 1. The van der Waals surface area contributed by atoms with Crippen LogP contribution in [0.3, 0.4) is 0 Å². The number of fused-ring (bicyclic) bond motifs is 1. The number of hydrogen-bond donors (Lipinski definition) is 1. The molecule has 190 valence electrons. The van der Waals surface area contributed by atoms with Gasteiger partial charge in [0.15, 0.2) is 0 Å². The minimum absolute atomic E-state index is 0.0782. The molecular weight excluding hydrogens is 510 g/mol. The molecule has 2 heterocycles. The maximum Gasteiger partial charge on any atom is 0.338 e. The van der Waals surface area contributed by atoms with E-state index in [4.69, 9.17) is 17.0 Å². The summed E-state index contributed by atoms with van der Waals surface area (Å²) in [7, 11) is 0. The second-order valence-corrected chi connectivity index (χ2v) is 10.6. The fourth-order valence-electron chi connectivity index (χ4n) is 4.91. The highest BCUT2D eigenvalue weighted by molar-refractivity contribution is 8.26. The smallest absolute Gasteiger partial charge is 0.338 e. The van der Waals surface area contributed by atoms with Crippen molar-refractivity contribution in [3.63, 3.8) is 0 Å². The second kappa shape index (κ2) is 10.5. The summed E-state index contributed by atoms with van der Waals surface area (Å²) in [6.07, 6.45) is 3.94. The van der Waals surface area contributed by atoms with Gasteiger partial charge in [-0.15, -0.1) is 0 Å². The molecule has 2 aromatic rings. The maximum absolute atomic E-state index is 13.6. The minimum Gasteiger partial charge on any atom is -0.462 e. The molecule has 1 saturated heterocycles. The van der Waals surface area contributed by atoms with Crippen molar-refractivity contribution in [2.45, 2.75) is 38.6 Å². The van der Waals surface area contributed by atoms with E-state index in [1.165, 1.54) is 16.7 Å². The molecule has 3 aliphatic rings. The Morgan fingerprint density at radius 1 is 1.05 bits per heavy atom. The number of carbonyl (C=O) groups excluding carboxylic acids is 4. The fourth-order valence-corrected chi connectivity index (χ4v) is 6.38. The zero-order valence-electron chi connectivity index (χ0n) is 20.2. The van der Waals surface area contributed by atoms with E-state index < -0.39 is 17.8 Å². The number of para-hydroxylation sites is 1. The van der Waals surface area contributed by atoms with Crippen LogP contribution < -0.4 is 10.2 Å². The first-order valence-electron chi connectivity index (χ1n) is 12.2. The molecule has 0 radical (unpaired) electrons. The molecule has 37 heavy (non-hydrogen) atoms. The summed E-state index contributed by atoms with van der Waals surface area (Å²) in [5.41, 5.74) is 2.34. The van der Waals surface area contributed by atoms with Crippen molar-refractivity contribution < 1.29 is 23.9 Å². The summed E-state index contributed by atoms with van der Waals surface area (Å²) in [4.78, 5) is 55.1. The molecule has 8 nitrogen and oxygen atoms in total. The van der Waals surface area contributed by atoms with E-state index in [0.717, 1.165) is 25.7 Å². The number of thioether (sulfide) groups is 1. The van der Waals surface area contributed by atoms with Gasteiger partial charge in [-0.3, -0.25) is 24.2 Å². The van der Waals surface area contributed by atoms with Crippen LogP contribution in [0.25, 0.3) is 5.57 Å². The fraction of sp³-hybridized carbons (Fsp3) is 0.296. The standard InChI is InChI=1S/C27H25N3O5S2/c1-2-35-26(34)16-11-13-17(14-12-16)28-21(31)15-29-20-10-6-5-9-19(20)22(24(29)32)23-25(33)30(27(36)37-23)18-7-3-4-8-18/h5-6,9-14,18H,2-4,7-8,15H2,1H3,(H,28,31)/b23-22+.